The normalized spacial score (nSPS) is 11.7. The number of aliphatic hydroxyl groups is 1. The summed E-state index contributed by atoms with van der Waals surface area (Å²) in [4.78, 5) is 11.2. The summed E-state index contributed by atoms with van der Waals surface area (Å²) in [6.45, 7) is 0. The molecule has 1 atom stereocenters. The van der Waals surface area contributed by atoms with Crippen molar-refractivity contribution < 1.29 is 19.4 Å². The van der Waals surface area contributed by atoms with Crippen LogP contribution in [-0.4, -0.2) is 18.2 Å². The zero-order valence-corrected chi connectivity index (χ0v) is 10.4. The number of rotatable bonds is 4. The predicted octanol–water partition coefficient (Wildman–Crippen LogP) is 2.69. The largest absolute Gasteiger partial charge is 0.467 e. The van der Waals surface area contributed by atoms with Crippen LogP contribution in [-0.2, 0) is 9.53 Å². The SMILES string of the molecule is COC(=O)C(O)c1ccc(Oc2ccccc2)cc1. The first-order valence-corrected chi connectivity index (χ1v) is 5.79. The van der Waals surface area contributed by atoms with Crippen molar-refractivity contribution in [3.05, 3.63) is 60.2 Å². The van der Waals surface area contributed by atoms with Crippen LogP contribution < -0.4 is 4.74 Å². The maximum Gasteiger partial charge on any atom is 0.339 e. The molecule has 0 bridgehead atoms. The standard InChI is InChI=1S/C15H14O4/c1-18-15(17)14(16)11-7-9-13(10-8-11)19-12-5-3-2-4-6-12/h2-10,14,16H,1H3. The average Bonchev–Trinajstić information content (AvgIpc) is 2.47. The minimum Gasteiger partial charge on any atom is -0.467 e. The number of hydrogen-bond donors (Lipinski definition) is 1. The monoisotopic (exact) mass is 258 g/mol. The van der Waals surface area contributed by atoms with Crippen LogP contribution in [0.2, 0.25) is 0 Å². The van der Waals surface area contributed by atoms with E-state index in [2.05, 4.69) is 4.74 Å². The van der Waals surface area contributed by atoms with E-state index in [9.17, 15) is 9.90 Å². The highest BCUT2D eigenvalue weighted by Crippen LogP contribution is 2.23. The third-order valence-corrected chi connectivity index (χ3v) is 2.60. The fourth-order valence-electron chi connectivity index (χ4n) is 1.59. The molecule has 19 heavy (non-hydrogen) atoms. The van der Waals surface area contributed by atoms with Crippen molar-refractivity contribution in [1.29, 1.82) is 0 Å². The molecule has 4 heteroatoms. The number of carbonyl (C=O) groups excluding carboxylic acids is 1. The summed E-state index contributed by atoms with van der Waals surface area (Å²) in [6.07, 6.45) is -1.27. The van der Waals surface area contributed by atoms with E-state index >= 15 is 0 Å². The van der Waals surface area contributed by atoms with Crippen LogP contribution in [0.15, 0.2) is 54.6 Å². The Kier molecular flexibility index (Phi) is 4.15. The van der Waals surface area contributed by atoms with Gasteiger partial charge in [0.25, 0.3) is 0 Å². The first-order chi connectivity index (χ1) is 9.20. The molecule has 0 aliphatic heterocycles. The zero-order valence-electron chi connectivity index (χ0n) is 10.4. The van der Waals surface area contributed by atoms with Crippen LogP contribution in [0.5, 0.6) is 11.5 Å². The Bertz CT molecular complexity index is 534. The van der Waals surface area contributed by atoms with Crippen molar-refractivity contribution in [1.82, 2.24) is 0 Å². The lowest BCUT2D eigenvalue weighted by Crippen LogP contribution is -2.13. The highest BCUT2D eigenvalue weighted by Gasteiger charge is 2.17. The van der Waals surface area contributed by atoms with E-state index in [0.29, 0.717) is 11.3 Å². The smallest absolute Gasteiger partial charge is 0.339 e. The molecule has 2 aromatic carbocycles. The fraction of sp³-hybridized carbons (Fsp3) is 0.133. The van der Waals surface area contributed by atoms with Gasteiger partial charge in [-0.05, 0) is 29.8 Å². The van der Waals surface area contributed by atoms with Gasteiger partial charge in [-0.1, -0.05) is 30.3 Å². The van der Waals surface area contributed by atoms with Gasteiger partial charge < -0.3 is 14.6 Å². The van der Waals surface area contributed by atoms with Crippen molar-refractivity contribution in [3.63, 3.8) is 0 Å². The second kappa shape index (κ2) is 6.02. The molecule has 0 heterocycles. The van der Waals surface area contributed by atoms with E-state index < -0.39 is 12.1 Å². The van der Waals surface area contributed by atoms with Crippen LogP contribution >= 0.6 is 0 Å². The van der Waals surface area contributed by atoms with E-state index in [-0.39, 0.29) is 0 Å². The Labute approximate surface area is 111 Å². The molecule has 0 amide bonds. The van der Waals surface area contributed by atoms with Gasteiger partial charge in [0.05, 0.1) is 7.11 Å². The fourth-order valence-corrected chi connectivity index (χ4v) is 1.59. The van der Waals surface area contributed by atoms with E-state index in [4.69, 9.17) is 4.74 Å². The summed E-state index contributed by atoms with van der Waals surface area (Å²) in [5, 5.41) is 9.65. The molecule has 0 saturated heterocycles. The van der Waals surface area contributed by atoms with Gasteiger partial charge in [-0.15, -0.1) is 0 Å². The van der Waals surface area contributed by atoms with Crippen molar-refractivity contribution in [2.75, 3.05) is 7.11 Å². The number of hydrogen-bond acceptors (Lipinski definition) is 4. The van der Waals surface area contributed by atoms with Gasteiger partial charge >= 0.3 is 5.97 Å². The molecule has 0 aromatic heterocycles. The Morgan fingerprint density at radius 1 is 1.00 bits per heavy atom. The molecule has 0 fully saturated rings. The summed E-state index contributed by atoms with van der Waals surface area (Å²) in [7, 11) is 1.23. The van der Waals surface area contributed by atoms with Crippen LogP contribution in [0.4, 0.5) is 0 Å². The summed E-state index contributed by atoms with van der Waals surface area (Å²) >= 11 is 0. The third kappa shape index (κ3) is 3.33. The minimum atomic E-state index is -1.27. The summed E-state index contributed by atoms with van der Waals surface area (Å²) in [6, 6.07) is 16.0. The topological polar surface area (TPSA) is 55.8 Å². The van der Waals surface area contributed by atoms with E-state index in [0.717, 1.165) is 5.75 Å². The van der Waals surface area contributed by atoms with Crippen LogP contribution in [0.3, 0.4) is 0 Å². The van der Waals surface area contributed by atoms with Crippen molar-refractivity contribution >= 4 is 5.97 Å². The Morgan fingerprint density at radius 2 is 1.58 bits per heavy atom. The van der Waals surface area contributed by atoms with E-state index in [1.807, 2.05) is 30.3 Å². The molecule has 2 rings (SSSR count). The Morgan fingerprint density at radius 3 is 2.16 bits per heavy atom. The molecule has 0 saturated carbocycles. The molecular formula is C15H14O4. The number of esters is 1. The van der Waals surface area contributed by atoms with Crippen molar-refractivity contribution in [3.8, 4) is 11.5 Å². The molecule has 1 N–H and O–H groups in total. The van der Waals surface area contributed by atoms with Gasteiger partial charge in [0.2, 0.25) is 0 Å². The predicted molar refractivity (Wildman–Crippen MR) is 69.9 cm³/mol. The molecule has 98 valence electrons. The second-order valence-corrected chi connectivity index (χ2v) is 3.91. The molecule has 2 aromatic rings. The lowest BCUT2D eigenvalue weighted by molar-refractivity contribution is -0.150. The van der Waals surface area contributed by atoms with Gasteiger partial charge in [0.1, 0.15) is 11.5 Å². The number of benzene rings is 2. The molecule has 0 aliphatic carbocycles. The third-order valence-electron chi connectivity index (χ3n) is 2.60. The molecule has 0 radical (unpaired) electrons. The summed E-state index contributed by atoms with van der Waals surface area (Å²) in [5.41, 5.74) is 0.465. The van der Waals surface area contributed by atoms with Crippen LogP contribution in [0.25, 0.3) is 0 Å². The number of methoxy groups -OCH3 is 1. The minimum absolute atomic E-state index is 0.465. The number of aliphatic hydroxyl groups excluding tert-OH is 1. The zero-order chi connectivity index (χ0) is 13.7. The van der Waals surface area contributed by atoms with Gasteiger partial charge in [-0.2, -0.15) is 0 Å². The lowest BCUT2D eigenvalue weighted by atomic mass is 10.1. The first kappa shape index (κ1) is 13.1. The highest BCUT2D eigenvalue weighted by atomic mass is 16.5. The Hall–Kier alpha value is -2.33. The average molecular weight is 258 g/mol. The maximum atomic E-state index is 11.2. The molecule has 1 unspecified atom stereocenters. The highest BCUT2D eigenvalue weighted by molar-refractivity contribution is 5.76. The first-order valence-electron chi connectivity index (χ1n) is 5.79. The number of ether oxygens (including phenoxy) is 2. The van der Waals surface area contributed by atoms with Crippen LogP contribution in [0, 0.1) is 0 Å². The lowest BCUT2D eigenvalue weighted by Gasteiger charge is -2.10. The van der Waals surface area contributed by atoms with E-state index in [1.165, 1.54) is 7.11 Å². The molecular weight excluding hydrogens is 244 g/mol. The quantitative estimate of drug-likeness (QED) is 0.857. The van der Waals surface area contributed by atoms with Gasteiger partial charge in [-0.25, -0.2) is 4.79 Å². The number of carbonyl (C=O) groups is 1. The van der Waals surface area contributed by atoms with Crippen molar-refractivity contribution in [2.45, 2.75) is 6.10 Å². The van der Waals surface area contributed by atoms with Crippen molar-refractivity contribution in [2.24, 2.45) is 0 Å². The summed E-state index contributed by atoms with van der Waals surface area (Å²) < 4.78 is 10.1. The maximum absolute atomic E-state index is 11.2. The van der Waals surface area contributed by atoms with E-state index in [1.54, 1.807) is 24.3 Å². The van der Waals surface area contributed by atoms with Gasteiger partial charge in [0.15, 0.2) is 6.10 Å². The van der Waals surface area contributed by atoms with Crippen LogP contribution in [0.1, 0.15) is 11.7 Å². The molecule has 0 spiro atoms. The van der Waals surface area contributed by atoms with Gasteiger partial charge in [-0.3, -0.25) is 0 Å². The summed E-state index contributed by atoms with van der Waals surface area (Å²) in [5.74, 6) is 0.674. The second-order valence-electron chi connectivity index (χ2n) is 3.91. The molecule has 0 aliphatic rings. The molecule has 4 nitrogen and oxygen atoms in total. The van der Waals surface area contributed by atoms with Gasteiger partial charge in [0, 0.05) is 0 Å². The number of para-hydroxylation sites is 1. The Balaban J connectivity index is 2.08.